The van der Waals surface area contributed by atoms with E-state index >= 15 is 0 Å². The predicted molar refractivity (Wildman–Crippen MR) is 326 cm³/mol. The number of hydrogen-bond acceptors (Lipinski definition) is 8. The van der Waals surface area contributed by atoms with E-state index in [1.165, 1.54) is 186 Å². The van der Waals surface area contributed by atoms with Crippen LogP contribution in [-0.4, -0.2) is 49.3 Å². The van der Waals surface area contributed by atoms with Crippen molar-refractivity contribution in [3.63, 3.8) is 0 Å². The molecule has 0 aromatic rings. The van der Waals surface area contributed by atoms with Crippen molar-refractivity contribution >= 4 is 19.8 Å². The molecule has 2 atom stereocenters. The monoisotopic (exact) mass is 1090 g/mol. The Morgan fingerprint density at radius 3 is 1.09 bits per heavy atom. The summed E-state index contributed by atoms with van der Waals surface area (Å²) in [4.78, 5) is 35.2. The van der Waals surface area contributed by atoms with E-state index in [1.807, 2.05) is 0 Å². The lowest BCUT2D eigenvalue weighted by molar-refractivity contribution is -0.161. The molecule has 0 bridgehead atoms. The molecule has 0 aromatic carbocycles. The maximum atomic E-state index is 12.7. The molecule has 0 aromatic heterocycles. The van der Waals surface area contributed by atoms with Gasteiger partial charge in [-0.2, -0.15) is 0 Å². The molecule has 0 radical (unpaired) electrons. The molecular formula is C66H120NO8P. The first kappa shape index (κ1) is 73.5. The molecule has 3 N–H and O–H groups in total. The lowest BCUT2D eigenvalue weighted by Gasteiger charge is -2.19. The molecular weight excluding hydrogens is 966 g/mol. The molecule has 10 heteroatoms. The minimum absolute atomic E-state index is 0.0527. The number of esters is 2. The quantitative estimate of drug-likeness (QED) is 0.0264. The topological polar surface area (TPSA) is 134 Å². The summed E-state index contributed by atoms with van der Waals surface area (Å²) in [5, 5.41) is 0. The number of phosphoric ester groups is 1. The fourth-order valence-corrected chi connectivity index (χ4v) is 9.90. The van der Waals surface area contributed by atoms with Crippen LogP contribution in [-0.2, 0) is 32.7 Å². The Bertz CT molecular complexity index is 1470. The predicted octanol–water partition coefficient (Wildman–Crippen LogP) is 20.5. The number of hydrogen-bond donors (Lipinski definition) is 2. The summed E-state index contributed by atoms with van der Waals surface area (Å²) in [6, 6.07) is 0. The van der Waals surface area contributed by atoms with Crippen molar-refractivity contribution in [2.75, 3.05) is 26.4 Å². The molecule has 76 heavy (non-hydrogen) atoms. The second kappa shape index (κ2) is 61.7. The molecule has 0 saturated heterocycles. The summed E-state index contributed by atoms with van der Waals surface area (Å²) in [7, 11) is -4.39. The standard InChI is InChI=1S/C66H120NO8P/c1-3-5-7-9-11-13-15-17-19-21-22-23-24-25-26-27-28-29-30-31-32-33-34-35-36-37-38-39-40-41-42-43-45-47-49-51-53-55-57-59-66(69)75-64(63-74-76(70,71)73-61-60-67)62-72-65(68)58-56-54-52-50-48-46-44-20-18-16-14-12-10-8-6-4-2/h5,7,11,13,17,19-20,22-23,25-26,44,64H,3-4,6,8-10,12,14-16,18,21,24,27-43,45-63,67H2,1-2H3,(H,70,71)/b7-5-,13-11-,19-17-,23-22-,26-25-,44-20-. The number of carbonyl (C=O) groups excluding carboxylic acids is 2. The van der Waals surface area contributed by atoms with Gasteiger partial charge in [-0.3, -0.25) is 18.6 Å². The van der Waals surface area contributed by atoms with Gasteiger partial charge in [0.2, 0.25) is 0 Å². The van der Waals surface area contributed by atoms with Crippen molar-refractivity contribution in [3.8, 4) is 0 Å². The Morgan fingerprint density at radius 1 is 0.408 bits per heavy atom. The van der Waals surface area contributed by atoms with Crippen molar-refractivity contribution in [1.82, 2.24) is 0 Å². The van der Waals surface area contributed by atoms with Crippen molar-refractivity contribution in [2.45, 2.75) is 309 Å². The van der Waals surface area contributed by atoms with Gasteiger partial charge in [0.05, 0.1) is 13.2 Å². The molecule has 0 heterocycles. The molecule has 0 fully saturated rings. The highest BCUT2D eigenvalue weighted by Gasteiger charge is 2.26. The van der Waals surface area contributed by atoms with E-state index < -0.39 is 26.5 Å². The summed E-state index contributed by atoms with van der Waals surface area (Å²) in [5.74, 6) is -0.825. The van der Waals surface area contributed by atoms with Crippen molar-refractivity contribution < 1.29 is 37.6 Å². The largest absolute Gasteiger partial charge is 0.472 e. The van der Waals surface area contributed by atoms with Crippen LogP contribution in [0.3, 0.4) is 0 Å². The zero-order valence-corrected chi connectivity index (χ0v) is 50.4. The second-order valence-corrected chi connectivity index (χ2v) is 22.7. The number of allylic oxidation sites excluding steroid dienone is 12. The van der Waals surface area contributed by atoms with Crippen LogP contribution in [0.2, 0.25) is 0 Å². The summed E-state index contributed by atoms with van der Waals surface area (Å²) >= 11 is 0. The SMILES string of the molecule is CC/C=C\C/C=C\C/C=C\C/C=C\C/C=C\CCCCCCCCCCCCCCCCCCCCCCCCCC(=O)OC(COC(=O)CCCCCCC/C=C\CCCCCCCCC)COP(=O)(O)OCCN. The summed E-state index contributed by atoms with van der Waals surface area (Å²) in [6.45, 7) is 3.65. The number of rotatable bonds is 60. The minimum Gasteiger partial charge on any atom is -0.462 e. The molecule has 9 nitrogen and oxygen atoms in total. The van der Waals surface area contributed by atoms with Gasteiger partial charge in [0.25, 0.3) is 0 Å². The normalized spacial score (nSPS) is 13.5. The number of nitrogens with two attached hydrogens (primary N) is 1. The fraction of sp³-hybridized carbons (Fsp3) is 0.788. The number of carbonyl (C=O) groups is 2. The van der Waals surface area contributed by atoms with E-state index in [4.69, 9.17) is 24.3 Å². The lowest BCUT2D eigenvalue weighted by atomic mass is 10.0. The van der Waals surface area contributed by atoms with Crippen LogP contribution in [0.4, 0.5) is 0 Å². The smallest absolute Gasteiger partial charge is 0.462 e. The molecule has 0 aliphatic heterocycles. The first-order valence-electron chi connectivity index (χ1n) is 31.9. The highest BCUT2D eigenvalue weighted by molar-refractivity contribution is 7.47. The zero-order valence-electron chi connectivity index (χ0n) is 49.5. The van der Waals surface area contributed by atoms with Gasteiger partial charge in [-0.15, -0.1) is 0 Å². The van der Waals surface area contributed by atoms with E-state index in [9.17, 15) is 19.0 Å². The van der Waals surface area contributed by atoms with Crippen LogP contribution in [0.1, 0.15) is 303 Å². The summed E-state index contributed by atoms with van der Waals surface area (Å²) < 4.78 is 33.0. The van der Waals surface area contributed by atoms with Crippen LogP contribution in [0.25, 0.3) is 0 Å². The minimum atomic E-state index is -4.39. The van der Waals surface area contributed by atoms with Gasteiger partial charge in [0, 0.05) is 19.4 Å². The first-order valence-corrected chi connectivity index (χ1v) is 33.4. The van der Waals surface area contributed by atoms with E-state index in [0.29, 0.717) is 6.42 Å². The van der Waals surface area contributed by atoms with Crippen LogP contribution >= 0.6 is 7.82 Å². The van der Waals surface area contributed by atoms with Gasteiger partial charge in [-0.05, 0) is 83.5 Å². The molecule has 0 aliphatic carbocycles. The highest BCUT2D eigenvalue weighted by Crippen LogP contribution is 2.43. The molecule has 0 rings (SSSR count). The Morgan fingerprint density at radius 2 is 0.724 bits per heavy atom. The third-order valence-corrected chi connectivity index (χ3v) is 14.8. The maximum Gasteiger partial charge on any atom is 0.472 e. The van der Waals surface area contributed by atoms with Crippen LogP contribution < -0.4 is 5.73 Å². The van der Waals surface area contributed by atoms with E-state index in [0.717, 1.165) is 83.5 Å². The molecule has 0 saturated carbocycles. The van der Waals surface area contributed by atoms with Gasteiger partial charge in [-0.1, -0.05) is 279 Å². The van der Waals surface area contributed by atoms with Crippen LogP contribution in [0.15, 0.2) is 72.9 Å². The van der Waals surface area contributed by atoms with Crippen molar-refractivity contribution in [2.24, 2.45) is 5.73 Å². The van der Waals surface area contributed by atoms with Crippen molar-refractivity contribution in [3.05, 3.63) is 72.9 Å². The van der Waals surface area contributed by atoms with E-state index in [-0.39, 0.29) is 38.6 Å². The van der Waals surface area contributed by atoms with Gasteiger partial charge in [-0.25, -0.2) is 4.57 Å². The molecule has 0 spiro atoms. The average molecular weight is 1090 g/mol. The van der Waals surface area contributed by atoms with Gasteiger partial charge in [0.1, 0.15) is 6.61 Å². The molecule has 2 unspecified atom stereocenters. The molecule has 442 valence electrons. The summed E-state index contributed by atoms with van der Waals surface area (Å²) in [5.41, 5.74) is 5.38. The van der Waals surface area contributed by atoms with Crippen LogP contribution in [0.5, 0.6) is 0 Å². The summed E-state index contributed by atoms with van der Waals surface area (Å²) in [6.07, 6.45) is 79.9. The average Bonchev–Trinajstić information content (AvgIpc) is 3.41. The third-order valence-electron chi connectivity index (χ3n) is 13.8. The Labute approximate surface area is 469 Å². The fourth-order valence-electron chi connectivity index (χ4n) is 9.13. The Kier molecular flexibility index (Phi) is 59.6. The number of phosphoric acid groups is 1. The van der Waals surface area contributed by atoms with Gasteiger partial charge in [0.15, 0.2) is 6.10 Å². The van der Waals surface area contributed by atoms with Crippen LogP contribution in [0, 0.1) is 0 Å². The first-order chi connectivity index (χ1) is 37.3. The molecule has 0 amide bonds. The van der Waals surface area contributed by atoms with Gasteiger partial charge < -0.3 is 20.1 Å². The van der Waals surface area contributed by atoms with Gasteiger partial charge >= 0.3 is 19.8 Å². The second-order valence-electron chi connectivity index (χ2n) is 21.2. The number of ether oxygens (including phenoxy) is 2. The Balaban J connectivity index is 3.79. The number of unbranched alkanes of at least 4 members (excludes halogenated alkanes) is 35. The maximum absolute atomic E-state index is 12.7. The lowest BCUT2D eigenvalue weighted by Crippen LogP contribution is -2.29. The van der Waals surface area contributed by atoms with E-state index in [1.54, 1.807) is 0 Å². The zero-order chi connectivity index (χ0) is 55.2. The Hall–Kier alpha value is -2.55. The van der Waals surface area contributed by atoms with Crippen molar-refractivity contribution in [1.29, 1.82) is 0 Å². The third kappa shape index (κ3) is 60.7. The van der Waals surface area contributed by atoms with E-state index in [2.05, 4.69) is 86.8 Å². The highest BCUT2D eigenvalue weighted by atomic mass is 31.2. The molecule has 0 aliphatic rings.